The first-order valence-corrected chi connectivity index (χ1v) is 11.6. The molecule has 1 aliphatic carbocycles. The van der Waals surface area contributed by atoms with Gasteiger partial charge < -0.3 is 9.64 Å². The van der Waals surface area contributed by atoms with Crippen molar-refractivity contribution in [3.05, 3.63) is 20.8 Å². The lowest BCUT2D eigenvalue weighted by atomic mass is 9.97. The number of carbonyl (C=O) groups excluding carboxylic acids is 1. The summed E-state index contributed by atoms with van der Waals surface area (Å²) in [6.07, 6.45) is 5.18. The summed E-state index contributed by atoms with van der Waals surface area (Å²) in [7, 11) is 4.05. The normalized spacial score (nSPS) is 15.0. The second-order valence-corrected chi connectivity index (χ2v) is 9.80. The third kappa shape index (κ3) is 4.60. The fourth-order valence-corrected chi connectivity index (χ4v) is 5.75. The number of aryl methyl sites for hydroxylation is 2. The fraction of sp³-hybridized carbons (Fsp3) is 0.650. The Morgan fingerprint density at radius 2 is 2.11 bits per heavy atom. The Labute approximate surface area is 174 Å². The Morgan fingerprint density at radius 1 is 1.36 bits per heavy atom. The van der Waals surface area contributed by atoms with Crippen molar-refractivity contribution in [2.45, 2.75) is 62.9 Å². The van der Waals surface area contributed by atoms with Crippen LogP contribution in [0.1, 0.15) is 43.6 Å². The van der Waals surface area contributed by atoms with Crippen molar-refractivity contribution in [1.82, 2.24) is 14.5 Å². The van der Waals surface area contributed by atoms with Gasteiger partial charge in [-0.2, -0.15) is 0 Å². The molecule has 0 spiro atoms. The summed E-state index contributed by atoms with van der Waals surface area (Å²) in [5.41, 5.74) is 1.25. The number of thiophene rings is 1. The number of aromatic nitrogens is 2. The predicted molar refractivity (Wildman–Crippen MR) is 116 cm³/mol. The minimum Gasteiger partial charge on any atom is -0.465 e. The lowest BCUT2D eigenvalue weighted by Gasteiger charge is -2.16. The highest BCUT2D eigenvalue weighted by Gasteiger charge is 2.24. The lowest BCUT2D eigenvalue weighted by Crippen LogP contribution is -2.27. The SMILES string of the molecule is CCOC(=O)C(C)Sc1nc2sc3c(c2c(=O)n1CCCN(C)C)CCCC3. The van der Waals surface area contributed by atoms with E-state index in [4.69, 9.17) is 9.72 Å². The monoisotopic (exact) mass is 423 g/mol. The molecule has 0 fully saturated rings. The highest BCUT2D eigenvalue weighted by Crippen LogP contribution is 2.35. The van der Waals surface area contributed by atoms with Gasteiger partial charge in [0.15, 0.2) is 5.16 Å². The maximum absolute atomic E-state index is 13.4. The van der Waals surface area contributed by atoms with Crippen LogP contribution < -0.4 is 5.56 Å². The summed E-state index contributed by atoms with van der Waals surface area (Å²) in [6.45, 7) is 5.45. The molecule has 2 heterocycles. The molecule has 3 rings (SSSR count). The van der Waals surface area contributed by atoms with Crippen LogP contribution in [0, 0.1) is 0 Å². The van der Waals surface area contributed by atoms with E-state index in [9.17, 15) is 9.59 Å². The van der Waals surface area contributed by atoms with E-state index in [2.05, 4.69) is 4.90 Å². The van der Waals surface area contributed by atoms with Gasteiger partial charge in [0.25, 0.3) is 5.56 Å². The van der Waals surface area contributed by atoms with E-state index < -0.39 is 5.25 Å². The average molecular weight is 424 g/mol. The first kappa shape index (κ1) is 21.3. The summed E-state index contributed by atoms with van der Waals surface area (Å²) in [6, 6.07) is 0. The van der Waals surface area contributed by atoms with E-state index in [1.807, 2.05) is 21.0 Å². The number of hydrogen-bond acceptors (Lipinski definition) is 7. The highest BCUT2D eigenvalue weighted by atomic mass is 32.2. The Kier molecular flexibility index (Phi) is 7.17. The molecule has 0 N–H and O–H groups in total. The van der Waals surface area contributed by atoms with Crippen molar-refractivity contribution in [2.24, 2.45) is 0 Å². The second-order valence-electron chi connectivity index (χ2n) is 7.41. The molecular weight excluding hydrogens is 394 g/mol. The van der Waals surface area contributed by atoms with Crippen LogP contribution in [0.3, 0.4) is 0 Å². The number of hydrogen-bond donors (Lipinski definition) is 0. The smallest absolute Gasteiger partial charge is 0.319 e. The van der Waals surface area contributed by atoms with Crippen LogP contribution in [0.25, 0.3) is 10.2 Å². The van der Waals surface area contributed by atoms with Crippen LogP contribution in [-0.4, -0.2) is 52.9 Å². The first-order valence-electron chi connectivity index (χ1n) is 9.95. The predicted octanol–water partition coefficient (Wildman–Crippen LogP) is 3.33. The quantitative estimate of drug-likeness (QED) is 0.369. The zero-order valence-electron chi connectivity index (χ0n) is 17.1. The third-order valence-corrected chi connectivity index (χ3v) is 7.18. The highest BCUT2D eigenvalue weighted by molar-refractivity contribution is 8.00. The molecule has 8 heteroatoms. The van der Waals surface area contributed by atoms with Gasteiger partial charge in [-0.15, -0.1) is 11.3 Å². The van der Waals surface area contributed by atoms with Gasteiger partial charge in [0.1, 0.15) is 10.1 Å². The number of rotatable bonds is 8. The third-order valence-electron chi connectivity index (χ3n) is 4.93. The minimum absolute atomic E-state index is 0.0433. The molecule has 2 aromatic heterocycles. The molecule has 2 aromatic rings. The summed E-state index contributed by atoms with van der Waals surface area (Å²) < 4.78 is 6.91. The first-order chi connectivity index (χ1) is 13.4. The summed E-state index contributed by atoms with van der Waals surface area (Å²) in [4.78, 5) is 34.6. The van der Waals surface area contributed by atoms with Crippen molar-refractivity contribution < 1.29 is 9.53 Å². The zero-order valence-corrected chi connectivity index (χ0v) is 18.8. The minimum atomic E-state index is -0.404. The Bertz CT molecular complexity index is 904. The molecule has 1 unspecified atom stereocenters. The number of esters is 1. The van der Waals surface area contributed by atoms with Gasteiger partial charge >= 0.3 is 5.97 Å². The van der Waals surface area contributed by atoms with Gasteiger partial charge in [0.2, 0.25) is 0 Å². The molecule has 0 bridgehead atoms. The van der Waals surface area contributed by atoms with Crippen LogP contribution in [0.15, 0.2) is 9.95 Å². The Balaban J connectivity index is 2.01. The molecule has 0 amide bonds. The van der Waals surface area contributed by atoms with Crippen molar-refractivity contribution in [3.63, 3.8) is 0 Å². The van der Waals surface area contributed by atoms with Crippen LogP contribution >= 0.6 is 23.1 Å². The van der Waals surface area contributed by atoms with Gasteiger partial charge in [-0.1, -0.05) is 11.8 Å². The molecule has 1 atom stereocenters. The maximum atomic E-state index is 13.4. The lowest BCUT2D eigenvalue weighted by molar-refractivity contribution is -0.142. The largest absolute Gasteiger partial charge is 0.465 e. The van der Waals surface area contributed by atoms with Gasteiger partial charge in [-0.25, -0.2) is 4.98 Å². The summed E-state index contributed by atoms with van der Waals surface area (Å²) in [5.74, 6) is -0.271. The van der Waals surface area contributed by atoms with Crippen molar-refractivity contribution in [2.75, 3.05) is 27.2 Å². The molecule has 1 aliphatic rings. The topological polar surface area (TPSA) is 64.4 Å². The van der Waals surface area contributed by atoms with Crippen LogP contribution in [-0.2, 0) is 28.9 Å². The fourth-order valence-electron chi connectivity index (χ4n) is 3.52. The van der Waals surface area contributed by atoms with E-state index in [0.29, 0.717) is 18.3 Å². The molecule has 0 saturated carbocycles. The van der Waals surface area contributed by atoms with Gasteiger partial charge in [-0.3, -0.25) is 14.2 Å². The standard InChI is InChI=1S/C20H29N3O3S2/c1-5-26-19(25)13(2)27-20-21-17-16(14-9-6-7-10-15(14)28-17)18(24)23(20)12-8-11-22(3)4/h13H,5-12H2,1-4H3. The number of carbonyl (C=O) groups is 1. The second kappa shape index (κ2) is 9.41. The van der Waals surface area contributed by atoms with Crippen LogP contribution in [0.4, 0.5) is 0 Å². The van der Waals surface area contributed by atoms with Gasteiger partial charge in [-0.05, 0) is 72.2 Å². The molecule has 6 nitrogen and oxygen atoms in total. The van der Waals surface area contributed by atoms with Crippen molar-refractivity contribution >= 4 is 39.3 Å². The van der Waals surface area contributed by atoms with Crippen LogP contribution in [0.2, 0.25) is 0 Å². The average Bonchev–Trinajstić information content (AvgIpc) is 3.02. The maximum Gasteiger partial charge on any atom is 0.319 e. The number of ether oxygens (including phenoxy) is 1. The Morgan fingerprint density at radius 3 is 2.82 bits per heavy atom. The molecule has 0 aromatic carbocycles. The molecule has 28 heavy (non-hydrogen) atoms. The summed E-state index contributed by atoms with van der Waals surface area (Å²) >= 11 is 2.97. The molecule has 0 saturated heterocycles. The molecule has 0 aliphatic heterocycles. The van der Waals surface area contributed by atoms with E-state index in [-0.39, 0.29) is 11.5 Å². The van der Waals surface area contributed by atoms with Crippen molar-refractivity contribution in [3.8, 4) is 0 Å². The summed E-state index contributed by atoms with van der Waals surface area (Å²) in [5, 5.41) is 1.02. The number of nitrogens with zero attached hydrogens (tertiary/aromatic N) is 3. The van der Waals surface area contributed by atoms with Crippen LogP contribution in [0.5, 0.6) is 0 Å². The van der Waals surface area contributed by atoms with E-state index >= 15 is 0 Å². The molecule has 0 radical (unpaired) electrons. The number of fused-ring (bicyclic) bond motifs is 3. The van der Waals surface area contributed by atoms with E-state index in [0.717, 1.165) is 42.4 Å². The van der Waals surface area contributed by atoms with Gasteiger partial charge in [0.05, 0.1) is 12.0 Å². The zero-order chi connectivity index (χ0) is 20.3. The molecular formula is C20H29N3O3S2. The number of thioether (sulfide) groups is 1. The molecule has 154 valence electrons. The van der Waals surface area contributed by atoms with Gasteiger partial charge in [0, 0.05) is 11.4 Å². The Hall–Kier alpha value is -1.38. The van der Waals surface area contributed by atoms with E-state index in [1.165, 1.54) is 28.6 Å². The van der Waals surface area contributed by atoms with E-state index in [1.54, 1.807) is 22.8 Å². The van der Waals surface area contributed by atoms with Crippen molar-refractivity contribution in [1.29, 1.82) is 0 Å².